The zero-order valence-corrected chi connectivity index (χ0v) is 13.1. The number of hydrogen-bond acceptors (Lipinski definition) is 4. The van der Waals surface area contributed by atoms with Crippen LogP contribution in [0.1, 0.15) is 18.5 Å². The summed E-state index contributed by atoms with van der Waals surface area (Å²) in [6, 6.07) is 7.39. The normalized spacial score (nSPS) is 25.1. The topological polar surface area (TPSA) is 84.3 Å². The van der Waals surface area contributed by atoms with Gasteiger partial charge in [-0.25, -0.2) is 4.79 Å². The number of aliphatic hydroxyl groups is 1. The third-order valence-electron chi connectivity index (χ3n) is 4.64. The Bertz CT molecular complexity index is 613. The molecule has 3 rings (SSSR count). The van der Waals surface area contributed by atoms with Crippen LogP contribution in [0.5, 0.6) is 0 Å². The summed E-state index contributed by atoms with van der Waals surface area (Å²) in [7, 11) is 0. The van der Waals surface area contributed by atoms with Crippen LogP contribution in [-0.2, 0) is 4.79 Å². The van der Waals surface area contributed by atoms with Gasteiger partial charge in [0, 0.05) is 38.8 Å². The second-order valence-corrected chi connectivity index (χ2v) is 6.01. The summed E-state index contributed by atoms with van der Waals surface area (Å²) in [5, 5.41) is 19.7. The van der Waals surface area contributed by atoms with Crippen molar-refractivity contribution in [3.05, 3.63) is 29.8 Å². The smallest absolute Gasteiger partial charge is 0.407 e. The highest BCUT2D eigenvalue weighted by atomic mass is 16.4. The van der Waals surface area contributed by atoms with Gasteiger partial charge in [-0.15, -0.1) is 0 Å². The molecule has 1 fully saturated rings. The van der Waals surface area contributed by atoms with Crippen LogP contribution in [0.4, 0.5) is 10.5 Å². The molecule has 7 nitrogen and oxygen atoms in total. The SMILES string of the molecule is CC(=O)N1C[C@H](O)[C@@H](N2CCN(C(=O)O)CC2)c2ccccc21. The van der Waals surface area contributed by atoms with E-state index in [9.17, 15) is 14.7 Å². The highest BCUT2D eigenvalue weighted by Crippen LogP contribution is 2.37. The molecular weight excluding hydrogens is 298 g/mol. The highest BCUT2D eigenvalue weighted by Gasteiger charge is 2.38. The van der Waals surface area contributed by atoms with Crippen molar-refractivity contribution in [1.29, 1.82) is 0 Å². The van der Waals surface area contributed by atoms with Crippen LogP contribution < -0.4 is 4.90 Å². The Morgan fingerprint density at radius 3 is 2.39 bits per heavy atom. The van der Waals surface area contributed by atoms with E-state index in [1.807, 2.05) is 24.3 Å². The molecule has 1 aromatic carbocycles. The Labute approximate surface area is 134 Å². The lowest BCUT2D eigenvalue weighted by atomic mass is 9.92. The number of aliphatic hydroxyl groups excluding tert-OH is 1. The van der Waals surface area contributed by atoms with Gasteiger partial charge in [-0.2, -0.15) is 0 Å². The second kappa shape index (κ2) is 6.17. The van der Waals surface area contributed by atoms with E-state index in [0.717, 1.165) is 11.3 Å². The number of β-amino-alcohol motifs (C(OH)–C–C–N with tert-alkyl or cyclic N) is 1. The van der Waals surface area contributed by atoms with Crippen molar-refractivity contribution < 1.29 is 19.8 Å². The number of carboxylic acid groups (broad SMARTS) is 1. The molecule has 2 heterocycles. The number of amides is 2. The fraction of sp³-hybridized carbons (Fsp3) is 0.500. The van der Waals surface area contributed by atoms with E-state index in [0.29, 0.717) is 26.2 Å². The van der Waals surface area contributed by atoms with E-state index < -0.39 is 12.2 Å². The molecule has 0 saturated carbocycles. The van der Waals surface area contributed by atoms with Crippen LogP contribution in [0, 0.1) is 0 Å². The Kier molecular flexibility index (Phi) is 4.23. The van der Waals surface area contributed by atoms with Gasteiger partial charge >= 0.3 is 6.09 Å². The number of anilines is 1. The summed E-state index contributed by atoms with van der Waals surface area (Å²) in [4.78, 5) is 28.0. The van der Waals surface area contributed by atoms with Gasteiger partial charge < -0.3 is 20.0 Å². The molecule has 0 unspecified atom stereocenters. The van der Waals surface area contributed by atoms with Crippen LogP contribution >= 0.6 is 0 Å². The number of nitrogens with zero attached hydrogens (tertiary/aromatic N) is 3. The van der Waals surface area contributed by atoms with Gasteiger partial charge in [0.1, 0.15) is 0 Å². The summed E-state index contributed by atoms with van der Waals surface area (Å²) in [5.41, 5.74) is 1.75. The molecule has 2 amide bonds. The summed E-state index contributed by atoms with van der Waals surface area (Å²) in [6.45, 7) is 3.75. The standard InChI is InChI=1S/C16H21N3O4/c1-11(20)19-10-14(21)15(12-4-2-3-5-13(12)19)17-6-8-18(9-7-17)16(22)23/h2-5,14-15,21H,6-10H2,1H3,(H,22,23)/t14-,15-/m0/s1. The zero-order valence-electron chi connectivity index (χ0n) is 13.1. The number of fused-ring (bicyclic) bond motifs is 1. The predicted molar refractivity (Wildman–Crippen MR) is 84.4 cm³/mol. The van der Waals surface area contributed by atoms with Crippen LogP contribution in [0.3, 0.4) is 0 Å². The van der Waals surface area contributed by atoms with Crippen molar-refractivity contribution >= 4 is 17.7 Å². The van der Waals surface area contributed by atoms with Crippen LogP contribution in [0.15, 0.2) is 24.3 Å². The molecule has 0 radical (unpaired) electrons. The molecule has 1 aromatic rings. The quantitative estimate of drug-likeness (QED) is 0.798. The zero-order chi connectivity index (χ0) is 16.6. The van der Waals surface area contributed by atoms with Gasteiger partial charge in [0.2, 0.25) is 5.91 Å². The molecule has 23 heavy (non-hydrogen) atoms. The number of benzene rings is 1. The number of para-hydroxylation sites is 1. The number of rotatable bonds is 1. The molecular formula is C16H21N3O4. The molecule has 7 heteroatoms. The maximum atomic E-state index is 11.8. The van der Waals surface area contributed by atoms with E-state index in [2.05, 4.69) is 4.90 Å². The van der Waals surface area contributed by atoms with Gasteiger partial charge in [0.15, 0.2) is 0 Å². The second-order valence-electron chi connectivity index (χ2n) is 6.01. The third kappa shape index (κ3) is 2.89. The molecule has 2 aliphatic rings. The van der Waals surface area contributed by atoms with Crippen molar-refractivity contribution in [2.45, 2.75) is 19.1 Å². The molecule has 0 aromatic heterocycles. The van der Waals surface area contributed by atoms with Crippen LogP contribution in [0.2, 0.25) is 0 Å². The molecule has 1 saturated heterocycles. The highest BCUT2D eigenvalue weighted by molar-refractivity contribution is 5.93. The minimum atomic E-state index is -0.906. The van der Waals surface area contributed by atoms with E-state index in [1.165, 1.54) is 11.8 Å². The summed E-state index contributed by atoms with van der Waals surface area (Å²) < 4.78 is 0. The van der Waals surface area contributed by atoms with Gasteiger partial charge in [-0.3, -0.25) is 9.69 Å². The molecule has 2 atom stereocenters. The summed E-state index contributed by atoms with van der Waals surface area (Å²) >= 11 is 0. The largest absolute Gasteiger partial charge is 0.465 e. The van der Waals surface area contributed by atoms with Gasteiger partial charge in [0.05, 0.1) is 18.7 Å². The third-order valence-corrected chi connectivity index (χ3v) is 4.64. The van der Waals surface area contributed by atoms with Crippen molar-refractivity contribution in [3.63, 3.8) is 0 Å². The van der Waals surface area contributed by atoms with Crippen LogP contribution in [0.25, 0.3) is 0 Å². The van der Waals surface area contributed by atoms with Crippen LogP contribution in [-0.4, -0.2) is 70.8 Å². The van der Waals surface area contributed by atoms with E-state index in [4.69, 9.17) is 5.11 Å². The lowest BCUT2D eigenvalue weighted by molar-refractivity contribution is -0.117. The van der Waals surface area contributed by atoms with Crippen molar-refractivity contribution in [2.24, 2.45) is 0 Å². The fourth-order valence-electron chi connectivity index (χ4n) is 3.51. The van der Waals surface area contributed by atoms with E-state index in [1.54, 1.807) is 4.90 Å². The lowest BCUT2D eigenvalue weighted by Crippen LogP contribution is -2.55. The lowest BCUT2D eigenvalue weighted by Gasteiger charge is -2.45. The Morgan fingerprint density at radius 2 is 1.78 bits per heavy atom. The average Bonchev–Trinajstić information content (AvgIpc) is 2.54. The maximum Gasteiger partial charge on any atom is 0.407 e. The monoisotopic (exact) mass is 319 g/mol. The minimum Gasteiger partial charge on any atom is -0.465 e. The van der Waals surface area contributed by atoms with Crippen molar-refractivity contribution in [1.82, 2.24) is 9.80 Å². The Balaban J connectivity index is 1.86. The predicted octanol–water partition coefficient (Wildman–Crippen LogP) is 0.751. The first-order valence-electron chi connectivity index (χ1n) is 7.76. The Hall–Kier alpha value is -2.12. The number of carbonyl (C=O) groups is 2. The maximum absolute atomic E-state index is 11.8. The van der Waals surface area contributed by atoms with Gasteiger partial charge in [0.25, 0.3) is 0 Å². The Morgan fingerprint density at radius 1 is 1.13 bits per heavy atom. The van der Waals surface area contributed by atoms with Crippen molar-refractivity contribution in [2.75, 3.05) is 37.6 Å². The number of carbonyl (C=O) groups excluding carboxylic acids is 1. The fourth-order valence-corrected chi connectivity index (χ4v) is 3.51. The van der Waals surface area contributed by atoms with Gasteiger partial charge in [-0.05, 0) is 11.6 Å². The summed E-state index contributed by atoms with van der Waals surface area (Å²) in [5.74, 6) is -0.0920. The molecule has 2 N–H and O–H groups in total. The first kappa shape index (κ1) is 15.8. The first-order chi connectivity index (χ1) is 11.0. The summed E-state index contributed by atoms with van der Waals surface area (Å²) in [6.07, 6.45) is -1.60. The molecule has 0 spiro atoms. The number of hydrogen-bond donors (Lipinski definition) is 2. The van der Waals surface area contributed by atoms with Crippen molar-refractivity contribution in [3.8, 4) is 0 Å². The molecule has 124 valence electrons. The first-order valence-corrected chi connectivity index (χ1v) is 7.76. The minimum absolute atomic E-state index is 0.0920. The number of piperazine rings is 1. The molecule has 0 aliphatic carbocycles. The molecule has 0 bridgehead atoms. The van der Waals surface area contributed by atoms with Gasteiger partial charge in [-0.1, -0.05) is 18.2 Å². The van der Waals surface area contributed by atoms with E-state index in [-0.39, 0.29) is 18.5 Å². The van der Waals surface area contributed by atoms with E-state index >= 15 is 0 Å². The average molecular weight is 319 g/mol. The molecule has 2 aliphatic heterocycles.